The Bertz CT molecular complexity index is 70.1. The summed E-state index contributed by atoms with van der Waals surface area (Å²) in [5.41, 5.74) is 0.314. The first-order chi connectivity index (χ1) is 3.98. The van der Waals surface area contributed by atoms with Gasteiger partial charge in [-0.1, -0.05) is 20.8 Å². The van der Waals surface area contributed by atoms with Crippen LogP contribution < -0.4 is 0 Å². The molecule has 9 heavy (non-hydrogen) atoms. The van der Waals surface area contributed by atoms with Crippen LogP contribution in [0.25, 0.3) is 0 Å². The first-order valence-corrected chi connectivity index (χ1v) is 3.83. The highest BCUT2D eigenvalue weighted by molar-refractivity contribution is 4.75. The second-order valence-electron chi connectivity index (χ2n) is 3.76. The normalized spacial score (nSPS) is 17.9. The third-order valence-corrected chi connectivity index (χ3v) is 1.75. The largest absolute Gasteiger partial charge is 0.103 e. The van der Waals surface area contributed by atoms with Crippen LogP contribution in [0.2, 0.25) is 0 Å². The molecule has 0 fully saturated rings. The van der Waals surface area contributed by atoms with Crippen LogP contribution in [0.5, 0.6) is 0 Å². The lowest BCUT2D eigenvalue weighted by atomic mass is 9.82. The summed E-state index contributed by atoms with van der Waals surface area (Å²) in [5, 5.41) is 0. The molecule has 0 aromatic heterocycles. The maximum atomic E-state index is 4.13. The molecule has 0 spiro atoms. The summed E-state index contributed by atoms with van der Waals surface area (Å²) in [4.78, 5) is 0. The van der Waals surface area contributed by atoms with E-state index in [4.69, 9.17) is 0 Å². The predicted octanol–water partition coefficient (Wildman–Crippen LogP) is 3.28. The van der Waals surface area contributed by atoms with Crippen molar-refractivity contribution in [1.29, 1.82) is 0 Å². The Hall–Kier alpha value is -0.130. The molecule has 0 N–H and O–H groups in total. The Labute approximate surface area is 59.7 Å². The summed E-state index contributed by atoms with van der Waals surface area (Å²) >= 11 is 0. The van der Waals surface area contributed by atoms with Crippen LogP contribution in [0.1, 0.15) is 40.5 Å². The van der Waals surface area contributed by atoms with Gasteiger partial charge in [-0.05, 0) is 25.7 Å². The van der Waals surface area contributed by atoms with E-state index in [0.717, 1.165) is 5.92 Å². The third kappa shape index (κ3) is 4.38. The van der Waals surface area contributed by atoms with E-state index in [0.29, 0.717) is 5.41 Å². The molecule has 0 aliphatic carbocycles. The highest BCUT2D eigenvalue weighted by Crippen LogP contribution is 2.27. The average molecular weight is 127 g/mol. The summed E-state index contributed by atoms with van der Waals surface area (Å²) in [5.74, 6) is 0.785. The van der Waals surface area contributed by atoms with Gasteiger partial charge in [-0.25, -0.2) is 0 Å². The molecule has 0 amide bonds. The lowest BCUT2D eigenvalue weighted by Gasteiger charge is -2.17. The maximum absolute atomic E-state index is 4.13. The lowest BCUT2D eigenvalue weighted by molar-refractivity contribution is 0.318. The van der Waals surface area contributed by atoms with Crippen molar-refractivity contribution in [1.82, 2.24) is 0 Å². The molecule has 0 aromatic rings. The van der Waals surface area contributed by atoms with E-state index in [2.05, 4.69) is 34.6 Å². The topological polar surface area (TPSA) is 0 Å². The van der Waals surface area contributed by atoms with Crippen molar-refractivity contribution in [2.75, 3.05) is 0 Å². The first-order valence-electron chi connectivity index (χ1n) is 3.83. The molecule has 54 valence electrons. The molecule has 0 aromatic carbocycles. The molecule has 0 nitrogen and oxygen atoms in total. The van der Waals surface area contributed by atoms with Crippen LogP contribution in [0, 0.1) is 18.3 Å². The molecule has 0 rings (SSSR count). The van der Waals surface area contributed by atoms with Gasteiger partial charge in [-0.2, -0.15) is 0 Å². The first kappa shape index (κ1) is 8.87. The van der Waals surface area contributed by atoms with Gasteiger partial charge < -0.3 is 0 Å². The van der Waals surface area contributed by atoms with Crippen molar-refractivity contribution < 1.29 is 0 Å². The molecular weight excluding hydrogens is 108 g/mol. The standard InChI is InChI=1S/C9H19/c1-6-9(4,5)7-8(2)3/h8H,4,6-7H2,1-3,5H3/q+1. The van der Waals surface area contributed by atoms with E-state index in [1.54, 1.807) is 0 Å². The summed E-state index contributed by atoms with van der Waals surface area (Å²) in [6.07, 6.45) is 2.43. The van der Waals surface area contributed by atoms with Gasteiger partial charge in [0.05, 0.1) is 6.92 Å². The Morgan fingerprint density at radius 2 is 1.89 bits per heavy atom. The third-order valence-electron chi connectivity index (χ3n) is 1.75. The van der Waals surface area contributed by atoms with E-state index in [-0.39, 0.29) is 0 Å². The number of rotatable bonds is 3. The molecule has 0 radical (unpaired) electrons. The van der Waals surface area contributed by atoms with Gasteiger partial charge in [0.25, 0.3) is 0 Å². The van der Waals surface area contributed by atoms with E-state index in [1.165, 1.54) is 12.8 Å². The Balaban J connectivity index is 3.58. The highest BCUT2D eigenvalue weighted by atomic mass is 14.2. The van der Waals surface area contributed by atoms with Crippen LogP contribution >= 0.6 is 0 Å². The molecule has 0 saturated heterocycles. The monoisotopic (exact) mass is 127 g/mol. The second-order valence-corrected chi connectivity index (χ2v) is 3.76. The van der Waals surface area contributed by atoms with Gasteiger partial charge in [0.1, 0.15) is 5.41 Å². The van der Waals surface area contributed by atoms with Gasteiger partial charge in [-0.15, -0.1) is 0 Å². The Kier molecular flexibility index (Phi) is 3.10. The van der Waals surface area contributed by atoms with E-state index < -0.39 is 0 Å². The van der Waals surface area contributed by atoms with Crippen LogP contribution in [-0.2, 0) is 0 Å². The van der Waals surface area contributed by atoms with Gasteiger partial charge >= 0.3 is 0 Å². The Morgan fingerprint density at radius 1 is 1.44 bits per heavy atom. The SMILES string of the molecule is [CH2+]C(C)(CC)CC(C)C. The fourth-order valence-electron chi connectivity index (χ4n) is 1.13. The van der Waals surface area contributed by atoms with Crippen molar-refractivity contribution in [3.63, 3.8) is 0 Å². The molecule has 0 heterocycles. The summed E-state index contributed by atoms with van der Waals surface area (Å²) < 4.78 is 0. The quantitative estimate of drug-likeness (QED) is 0.510. The minimum atomic E-state index is 0.314. The minimum Gasteiger partial charge on any atom is -0.0626 e. The van der Waals surface area contributed by atoms with Gasteiger partial charge in [0, 0.05) is 0 Å². The number of hydrogen-bond donors (Lipinski definition) is 0. The minimum absolute atomic E-state index is 0.314. The zero-order valence-corrected chi connectivity index (χ0v) is 7.20. The van der Waals surface area contributed by atoms with E-state index >= 15 is 0 Å². The van der Waals surface area contributed by atoms with Crippen molar-refractivity contribution >= 4 is 0 Å². The van der Waals surface area contributed by atoms with Crippen molar-refractivity contribution in [3.8, 4) is 0 Å². The van der Waals surface area contributed by atoms with Crippen molar-refractivity contribution in [2.45, 2.75) is 40.5 Å². The molecule has 0 aliphatic heterocycles. The van der Waals surface area contributed by atoms with Crippen LogP contribution in [0.3, 0.4) is 0 Å². The fraction of sp³-hybridized carbons (Fsp3) is 0.889. The zero-order chi connectivity index (χ0) is 7.49. The van der Waals surface area contributed by atoms with Crippen LogP contribution in [-0.4, -0.2) is 0 Å². The van der Waals surface area contributed by atoms with E-state index in [9.17, 15) is 0 Å². The van der Waals surface area contributed by atoms with Crippen molar-refractivity contribution in [3.05, 3.63) is 6.92 Å². The fourth-order valence-corrected chi connectivity index (χ4v) is 1.13. The maximum Gasteiger partial charge on any atom is 0.103 e. The van der Waals surface area contributed by atoms with Gasteiger partial charge in [0.2, 0.25) is 0 Å². The molecule has 0 bridgehead atoms. The Morgan fingerprint density at radius 3 is 2.00 bits per heavy atom. The van der Waals surface area contributed by atoms with Gasteiger partial charge in [0.15, 0.2) is 0 Å². The second kappa shape index (κ2) is 3.14. The highest BCUT2D eigenvalue weighted by Gasteiger charge is 2.23. The molecule has 1 atom stereocenters. The lowest BCUT2D eigenvalue weighted by Crippen LogP contribution is -2.12. The zero-order valence-electron chi connectivity index (χ0n) is 7.20. The smallest absolute Gasteiger partial charge is 0.0626 e. The number of hydrogen-bond acceptors (Lipinski definition) is 0. The summed E-state index contributed by atoms with van der Waals surface area (Å²) in [6, 6.07) is 0. The average Bonchev–Trinajstić information content (AvgIpc) is 1.63. The van der Waals surface area contributed by atoms with Crippen LogP contribution in [0.4, 0.5) is 0 Å². The molecule has 0 aliphatic rings. The summed E-state index contributed by atoms with van der Waals surface area (Å²) in [7, 11) is 0. The predicted molar refractivity (Wildman–Crippen MR) is 43.2 cm³/mol. The molecule has 0 saturated carbocycles. The molecular formula is C9H19+. The van der Waals surface area contributed by atoms with E-state index in [1.807, 2.05) is 0 Å². The molecule has 1 unspecified atom stereocenters. The summed E-state index contributed by atoms with van der Waals surface area (Å²) in [6.45, 7) is 13.1. The molecule has 0 heteroatoms. The van der Waals surface area contributed by atoms with Crippen molar-refractivity contribution in [2.24, 2.45) is 11.3 Å². The van der Waals surface area contributed by atoms with Gasteiger partial charge in [-0.3, -0.25) is 0 Å². The van der Waals surface area contributed by atoms with Crippen LogP contribution in [0.15, 0.2) is 0 Å².